The molecule has 0 atom stereocenters. The molecule has 1 aromatic rings. The minimum absolute atomic E-state index is 0.0139. The summed E-state index contributed by atoms with van der Waals surface area (Å²) in [5, 5.41) is 2.41. The number of nitrogens with one attached hydrogen (secondary N) is 1. The third kappa shape index (κ3) is 2.86. The van der Waals surface area contributed by atoms with Gasteiger partial charge in [-0.15, -0.1) is 0 Å². The van der Waals surface area contributed by atoms with E-state index in [4.69, 9.17) is 0 Å². The van der Waals surface area contributed by atoms with Gasteiger partial charge in [0.25, 0.3) is 0 Å². The number of amides is 3. The first-order valence-corrected chi connectivity index (χ1v) is 8.80. The fourth-order valence-corrected chi connectivity index (χ4v) is 4.50. The molecule has 24 heavy (non-hydrogen) atoms. The maximum Gasteiger partial charge on any atom is 0.324 e. The number of carbonyl (C=O) groups is 2. The molecule has 3 rings (SSSR count). The van der Waals surface area contributed by atoms with E-state index >= 15 is 0 Å². The van der Waals surface area contributed by atoms with Crippen molar-refractivity contribution in [3.05, 3.63) is 29.8 Å². The van der Waals surface area contributed by atoms with Crippen LogP contribution in [0.4, 0.5) is 13.6 Å². The average molecular weight is 359 g/mol. The molecule has 0 spiro atoms. The molecule has 130 valence electrons. The van der Waals surface area contributed by atoms with Crippen LogP contribution in [0.25, 0.3) is 0 Å². The lowest BCUT2D eigenvalue weighted by atomic mass is 10.1. The first-order chi connectivity index (χ1) is 11.3. The number of piperidine rings is 1. The van der Waals surface area contributed by atoms with Crippen LogP contribution in [-0.2, 0) is 14.8 Å². The molecule has 0 aromatic heterocycles. The number of hydrogen-bond acceptors (Lipinski definition) is 4. The van der Waals surface area contributed by atoms with Crippen molar-refractivity contribution in [2.45, 2.75) is 23.8 Å². The van der Waals surface area contributed by atoms with Gasteiger partial charge in [-0.05, 0) is 31.0 Å². The number of sulfonamides is 1. The quantitative estimate of drug-likeness (QED) is 0.804. The summed E-state index contributed by atoms with van der Waals surface area (Å²) in [6, 6.07) is 1.37. The molecule has 0 aliphatic carbocycles. The van der Waals surface area contributed by atoms with Crippen molar-refractivity contribution in [2.24, 2.45) is 0 Å². The zero-order chi connectivity index (χ0) is 17.5. The van der Waals surface area contributed by atoms with E-state index in [-0.39, 0.29) is 38.4 Å². The Hall–Kier alpha value is -2.07. The van der Waals surface area contributed by atoms with Gasteiger partial charge < -0.3 is 5.32 Å². The minimum Gasteiger partial charge on any atom is -0.329 e. The summed E-state index contributed by atoms with van der Waals surface area (Å²) in [7, 11) is -4.17. The molecule has 10 heteroatoms. The van der Waals surface area contributed by atoms with Gasteiger partial charge in [-0.25, -0.2) is 22.0 Å². The Labute approximate surface area is 137 Å². The number of rotatable bonds is 3. The van der Waals surface area contributed by atoms with Gasteiger partial charge >= 0.3 is 6.03 Å². The summed E-state index contributed by atoms with van der Waals surface area (Å²) in [5.41, 5.74) is 0. The summed E-state index contributed by atoms with van der Waals surface area (Å²) in [6.45, 7) is -0.0358. The van der Waals surface area contributed by atoms with Crippen molar-refractivity contribution in [1.29, 1.82) is 0 Å². The number of nitrogens with zero attached hydrogens (tertiary/aromatic N) is 2. The maximum atomic E-state index is 13.8. The first-order valence-electron chi connectivity index (χ1n) is 7.36. The van der Waals surface area contributed by atoms with Gasteiger partial charge in [0.15, 0.2) is 0 Å². The van der Waals surface area contributed by atoms with E-state index in [1.54, 1.807) is 0 Å². The number of imide groups is 1. The second-order valence-corrected chi connectivity index (χ2v) is 7.54. The highest BCUT2D eigenvalue weighted by molar-refractivity contribution is 7.89. The fraction of sp³-hybridized carbons (Fsp3) is 0.429. The molecule has 0 bridgehead atoms. The van der Waals surface area contributed by atoms with Gasteiger partial charge in [-0.3, -0.25) is 9.69 Å². The number of carbonyl (C=O) groups excluding carboxylic acids is 2. The van der Waals surface area contributed by atoms with Crippen molar-refractivity contribution >= 4 is 22.0 Å². The lowest BCUT2D eigenvalue weighted by molar-refractivity contribution is -0.127. The molecule has 0 radical (unpaired) electrons. The molecule has 2 fully saturated rings. The highest BCUT2D eigenvalue weighted by Crippen LogP contribution is 2.26. The lowest BCUT2D eigenvalue weighted by Crippen LogP contribution is -2.49. The van der Waals surface area contributed by atoms with Crippen LogP contribution < -0.4 is 5.32 Å². The van der Waals surface area contributed by atoms with Crippen LogP contribution in [-0.4, -0.2) is 55.2 Å². The predicted molar refractivity (Wildman–Crippen MR) is 78.4 cm³/mol. The molecule has 2 aliphatic rings. The van der Waals surface area contributed by atoms with Gasteiger partial charge in [-0.1, -0.05) is 0 Å². The van der Waals surface area contributed by atoms with E-state index in [0.717, 1.165) is 21.3 Å². The minimum atomic E-state index is -4.17. The summed E-state index contributed by atoms with van der Waals surface area (Å²) in [5.74, 6) is -2.21. The standard InChI is InChI=1S/C14H15F2N3O4S/c15-9-1-2-11(16)12(7-9)24(22,23)18-5-3-10(4-6-18)19-13(20)8-17-14(19)21/h1-2,7,10H,3-6,8H2,(H,17,21). The Balaban J connectivity index is 1.75. The molecule has 2 saturated heterocycles. The largest absolute Gasteiger partial charge is 0.329 e. The van der Waals surface area contributed by atoms with E-state index in [9.17, 15) is 26.8 Å². The predicted octanol–water partition coefficient (Wildman–Crippen LogP) is 0.670. The third-order valence-corrected chi connectivity index (χ3v) is 6.09. The van der Waals surface area contributed by atoms with Gasteiger partial charge in [0.2, 0.25) is 15.9 Å². The third-order valence-electron chi connectivity index (χ3n) is 4.18. The van der Waals surface area contributed by atoms with Crippen LogP contribution in [0.2, 0.25) is 0 Å². The van der Waals surface area contributed by atoms with Crippen molar-refractivity contribution in [1.82, 2.24) is 14.5 Å². The fourth-order valence-electron chi connectivity index (χ4n) is 2.96. The van der Waals surface area contributed by atoms with Crippen molar-refractivity contribution in [3.63, 3.8) is 0 Å². The maximum absolute atomic E-state index is 13.8. The Morgan fingerprint density at radius 1 is 1.12 bits per heavy atom. The highest BCUT2D eigenvalue weighted by atomic mass is 32.2. The molecule has 2 aliphatic heterocycles. The van der Waals surface area contributed by atoms with E-state index in [1.165, 1.54) is 0 Å². The SMILES string of the molecule is O=C1CNC(=O)N1C1CCN(S(=O)(=O)c2cc(F)ccc2F)CC1. The number of halogens is 2. The molecular weight excluding hydrogens is 344 g/mol. The number of hydrogen-bond donors (Lipinski definition) is 1. The van der Waals surface area contributed by atoms with Gasteiger partial charge in [-0.2, -0.15) is 4.31 Å². The van der Waals surface area contributed by atoms with Crippen LogP contribution in [0.3, 0.4) is 0 Å². The first kappa shape index (κ1) is 16.8. The number of benzene rings is 1. The second-order valence-electron chi connectivity index (χ2n) is 5.63. The molecule has 0 saturated carbocycles. The smallest absolute Gasteiger partial charge is 0.324 e. The normalized spacial score (nSPS) is 20.5. The summed E-state index contributed by atoms with van der Waals surface area (Å²) in [4.78, 5) is 23.7. The van der Waals surface area contributed by atoms with E-state index in [2.05, 4.69) is 5.32 Å². The van der Waals surface area contributed by atoms with Crippen molar-refractivity contribution < 1.29 is 26.8 Å². The Morgan fingerprint density at radius 2 is 1.79 bits per heavy atom. The van der Waals surface area contributed by atoms with E-state index in [0.29, 0.717) is 6.07 Å². The van der Waals surface area contributed by atoms with Crippen LogP contribution in [0.15, 0.2) is 23.1 Å². The molecule has 0 unspecified atom stereocenters. The molecule has 7 nitrogen and oxygen atoms in total. The van der Waals surface area contributed by atoms with Gasteiger partial charge in [0, 0.05) is 19.1 Å². The zero-order valence-electron chi connectivity index (χ0n) is 12.5. The van der Waals surface area contributed by atoms with Crippen LogP contribution in [0.1, 0.15) is 12.8 Å². The Kier molecular flexibility index (Phi) is 4.26. The van der Waals surface area contributed by atoms with Crippen molar-refractivity contribution in [2.75, 3.05) is 19.6 Å². The molecular formula is C14H15F2N3O4S. The van der Waals surface area contributed by atoms with Crippen LogP contribution in [0, 0.1) is 11.6 Å². The van der Waals surface area contributed by atoms with Crippen molar-refractivity contribution in [3.8, 4) is 0 Å². The summed E-state index contributed by atoms with van der Waals surface area (Å²) >= 11 is 0. The summed E-state index contributed by atoms with van der Waals surface area (Å²) in [6.07, 6.45) is 0.491. The molecule has 1 aromatic carbocycles. The Morgan fingerprint density at radius 3 is 2.38 bits per heavy atom. The van der Waals surface area contributed by atoms with E-state index in [1.807, 2.05) is 0 Å². The van der Waals surface area contributed by atoms with E-state index < -0.39 is 38.6 Å². The average Bonchev–Trinajstić information content (AvgIpc) is 2.88. The highest BCUT2D eigenvalue weighted by Gasteiger charge is 2.39. The number of urea groups is 1. The molecule has 1 N–H and O–H groups in total. The van der Waals surface area contributed by atoms with Gasteiger partial charge in [0.05, 0.1) is 6.54 Å². The Bertz CT molecular complexity index is 775. The monoisotopic (exact) mass is 359 g/mol. The molecule has 2 heterocycles. The zero-order valence-corrected chi connectivity index (χ0v) is 13.4. The van der Waals surface area contributed by atoms with Gasteiger partial charge in [0.1, 0.15) is 16.5 Å². The molecule has 3 amide bonds. The summed E-state index contributed by atoms with van der Waals surface area (Å²) < 4.78 is 53.0. The second kappa shape index (κ2) is 6.10. The van der Waals surface area contributed by atoms with Crippen LogP contribution >= 0.6 is 0 Å². The van der Waals surface area contributed by atoms with Crippen LogP contribution in [0.5, 0.6) is 0 Å². The topological polar surface area (TPSA) is 86.8 Å². The lowest BCUT2D eigenvalue weighted by Gasteiger charge is -2.34.